The molecular weight excluding hydrogens is 530 g/mol. The van der Waals surface area contributed by atoms with Crippen molar-refractivity contribution >= 4 is 59.0 Å². The molecule has 7 nitrogen and oxygen atoms in total. The van der Waals surface area contributed by atoms with Crippen molar-refractivity contribution in [1.29, 1.82) is 0 Å². The molecule has 1 unspecified atom stereocenters. The second-order valence-corrected chi connectivity index (χ2v) is 7.62. The van der Waals surface area contributed by atoms with E-state index in [1.807, 2.05) is 6.07 Å². The Kier molecular flexibility index (Phi) is 12.9. The van der Waals surface area contributed by atoms with Gasteiger partial charge in [-0.2, -0.15) is 0 Å². The maximum Gasteiger partial charge on any atom is 0.243 e. The molecule has 2 rings (SSSR count). The van der Waals surface area contributed by atoms with E-state index in [1.54, 1.807) is 26.2 Å². The first-order valence-corrected chi connectivity index (χ1v) is 10.0. The maximum absolute atomic E-state index is 11.8. The van der Waals surface area contributed by atoms with Gasteiger partial charge in [-0.15, -0.1) is 24.0 Å². The minimum Gasteiger partial charge on any atom is -0.381 e. The number of hydrogen-bond donors (Lipinski definition) is 2. The Morgan fingerprint density at radius 3 is 2.79 bits per heavy atom. The highest BCUT2D eigenvalue weighted by Gasteiger charge is 2.16. The van der Waals surface area contributed by atoms with E-state index in [-0.39, 0.29) is 36.4 Å². The molecule has 1 atom stereocenters. The zero-order valence-corrected chi connectivity index (χ0v) is 20.6. The van der Waals surface area contributed by atoms with Gasteiger partial charge in [0.25, 0.3) is 0 Å². The van der Waals surface area contributed by atoms with E-state index in [0.717, 1.165) is 31.7 Å². The van der Waals surface area contributed by atoms with Crippen LogP contribution in [0.1, 0.15) is 12.0 Å². The summed E-state index contributed by atoms with van der Waals surface area (Å²) in [6.45, 7) is 3.81. The lowest BCUT2D eigenvalue weighted by Gasteiger charge is -2.16. The minimum atomic E-state index is -0.0565. The zero-order valence-electron chi connectivity index (χ0n) is 16.7. The molecule has 164 valence electrons. The molecule has 0 aliphatic carbocycles. The summed E-state index contributed by atoms with van der Waals surface area (Å²) in [7, 11) is 3.42. The number of hydrogen-bond acceptors (Lipinski definition) is 4. The Hall–Kier alpha value is -0.810. The van der Waals surface area contributed by atoms with Gasteiger partial charge < -0.3 is 25.0 Å². The summed E-state index contributed by atoms with van der Waals surface area (Å²) < 4.78 is 11.1. The smallest absolute Gasteiger partial charge is 0.243 e. The highest BCUT2D eigenvalue weighted by atomic mass is 127. The standard InChI is InChI=1S/C19H28Cl2N4O3.HI/c1-25(2)18(26)11-24-19(23-10-14-5-7-27-12-14)22-6-8-28-13-15-3-4-16(20)9-17(15)21;/h3-4,9,14H,5-8,10-13H2,1-2H3,(H2,22,23,24);1H. The lowest BCUT2D eigenvalue weighted by atomic mass is 10.1. The largest absolute Gasteiger partial charge is 0.381 e. The second kappa shape index (κ2) is 14.2. The number of carbonyl (C=O) groups excluding carboxylic acids is 1. The van der Waals surface area contributed by atoms with Gasteiger partial charge >= 0.3 is 0 Å². The van der Waals surface area contributed by atoms with E-state index in [1.165, 1.54) is 4.90 Å². The molecule has 1 fully saturated rings. The van der Waals surface area contributed by atoms with Gasteiger partial charge in [0.05, 0.1) is 19.8 Å². The number of nitrogens with one attached hydrogen (secondary N) is 2. The van der Waals surface area contributed by atoms with Gasteiger partial charge in [-0.3, -0.25) is 4.79 Å². The van der Waals surface area contributed by atoms with Crippen molar-refractivity contribution in [3.63, 3.8) is 0 Å². The molecule has 0 radical (unpaired) electrons. The van der Waals surface area contributed by atoms with Crippen LogP contribution >= 0.6 is 47.2 Å². The molecule has 1 amide bonds. The molecular formula is C19H29Cl2IN4O3. The number of halogens is 3. The number of ether oxygens (including phenoxy) is 2. The van der Waals surface area contributed by atoms with E-state index in [2.05, 4.69) is 15.6 Å². The highest BCUT2D eigenvalue weighted by Crippen LogP contribution is 2.21. The van der Waals surface area contributed by atoms with Crippen LogP contribution in [-0.2, 0) is 20.9 Å². The fraction of sp³-hybridized carbons (Fsp3) is 0.579. The van der Waals surface area contributed by atoms with E-state index in [0.29, 0.717) is 41.7 Å². The third-order valence-corrected chi connectivity index (χ3v) is 4.85. The van der Waals surface area contributed by atoms with Crippen molar-refractivity contribution in [2.75, 3.05) is 53.6 Å². The normalized spacial score (nSPS) is 16.3. The van der Waals surface area contributed by atoms with Crippen LogP contribution < -0.4 is 10.6 Å². The maximum atomic E-state index is 11.8. The zero-order chi connectivity index (χ0) is 20.4. The highest BCUT2D eigenvalue weighted by molar-refractivity contribution is 14.0. The van der Waals surface area contributed by atoms with Crippen LogP contribution in [0.5, 0.6) is 0 Å². The number of benzene rings is 1. The summed E-state index contributed by atoms with van der Waals surface area (Å²) in [4.78, 5) is 17.7. The number of rotatable bonds is 9. The van der Waals surface area contributed by atoms with Crippen LogP contribution in [0.2, 0.25) is 10.0 Å². The van der Waals surface area contributed by atoms with Gasteiger partial charge in [-0.05, 0) is 24.1 Å². The van der Waals surface area contributed by atoms with Crippen molar-refractivity contribution in [1.82, 2.24) is 15.5 Å². The Labute approximate surface area is 199 Å². The fourth-order valence-corrected chi connectivity index (χ4v) is 2.97. The molecule has 0 saturated carbocycles. The van der Waals surface area contributed by atoms with Crippen LogP contribution in [0, 0.1) is 5.92 Å². The van der Waals surface area contributed by atoms with Crippen LogP contribution in [0.4, 0.5) is 0 Å². The molecule has 0 spiro atoms. The number of amides is 1. The van der Waals surface area contributed by atoms with Crippen LogP contribution in [0.3, 0.4) is 0 Å². The second-order valence-electron chi connectivity index (χ2n) is 6.78. The Morgan fingerprint density at radius 2 is 2.14 bits per heavy atom. The van der Waals surface area contributed by atoms with Crippen molar-refractivity contribution in [2.45, 2.75) is 13.0 Å². The first-order chi connectivity index (χ1) is 13.5. The predicted molar refractivity (Wildman–Crippen MR) is 127 cm³/mol. The minimum absolute atomic E-state index is 0. The molecule has 1 heterocycles. The molecule has 1 saturated heterocycles. The first kappa shape index (κ1) is 26.2. The topological polar surface area (TPSA) is 75.2 Å². The number of guanidine groups is 1. The molecule has 1 aromatic carbocycles. The van der Waals surface area contributed by atoms with Crippen LogP contribution in [0.25, 0.3) is 0 Å². The van der Waals surface area contributed by atoms with E-state index in [4.69, 9.17) is 32.7 Å². The molecule has 1 aromatic rings. The van der Waals surface area contributed by atoms with Crippen molar-refractivity contribution in [2.24, 2.45) is 10.9 Å². The van der Waals surface area contributed by atoms with Gasteiger partial charge in [0.1, 0.15) is 6.54 Å². The van der Waals surface area contributed by atoms with E-state index < -0.39 is 0 Å². The van der Waals surface area contributed by atoms with Gasteiger partial charge in [-0.1, -0.05) is 29.3 Å². The lowest BCUT2D eigenvalue weighted by Crippen LogP contribution is -2.42. The summed E-state index contributed by atoms with van der Waals surface area (Å²) in [6, 6.07) is 5.33. The first-order valence-electron chi connectivity index (χ1n) is 9.27. The molecule has 29 heavy (non-hydrogen) atoms. The van der Waals surface area contributed by atoms with Crippen molar-refractivity contribution in [3.8, 4) is 0 Å². The van der Waals surface area contributed by atoms with Crippen molar-refractivity contribution < 1.29 is 14.3 Å². The Bertz CT molecular complexity index is 671. The molecule has 1 aliphatic heterocycles. The van der Waals surface area contributed by atoms with Crippen molar-refractivity contribution in [3.05, 3.63) is 33.8 Å². The fourth-order valence-electron chi connectivity index (χ4n) is 2.51. The quantitative estimate of drug-likeness (QED) is 0.211. The van der Waals surface area contributed by atoms with Crippen LogP contribution in [-0.4, -0.2) is 70.3 Å². The van der Waals surface area contributed by atoms with Gasteiger partial charge in [0.2, 0.25) is 5.91 Å². The summed E-state index contributed by atoms with van der Waals surface area (Å²) >= 11 is 12.0. The van der Waals surface area contributed by atoms with Gasteiger partial charge in [-0.25, -0.2) is 4.99 Å². The number of nitrogens with zero attached hydrogens (tertiary/aromatic N) is 2. The average molecular weight is 559 g/mol. The third-order valence-electron chi connectivity index (χ3n) is 4.26. The number of aliphatic imine (C=N–C) groups is 1. The molecule has 10 heteroatoms. The van der Waals surface area contributed by atoms with Gasteiger partial charge in [0.15, 0.2) is 5.96 Å². The predicted octanol–water partition coefficient (Wildman–Crippen LogP) is 2.79. The summed E-state index contributed by atoms with van der Waals surface area (Å²) in [6.07, 6.45) is 1.03. The van der Waals surface area contributed by atoms with Gasteiger partial charge in [0, 0.05) is 49.8 Å². The van der Waals surface area contributed by atoms with E-state index >= 15 is 0 Å². The Balaban J connectivity index is 0.00000420. The molecule has 2 N–H and O–H groups in total. The Morgan fingerprint density at radius 1 is 1.34 bits per heavy atom. The van der Waals surface area contributed by atoms with E-state index in [9.17, 15) is 4.79 Å². The number of likely N-dealkylation sites (N-methyl/N-ethyl adjacent to an activating group) is 1. The summed E-state index contributed by atoms with van der Waals surface area (Å²) in [5, 5.41) is 7.66. The summed E-state index contributed by atoms with van der Waals surface area (Å²) in [5.41, 5.74) is 0.885. The average Bonchev–Trinajstić information content (AvgIpc) is 3.17. The molecule has 1 aliphatic rings. The number of carbonyl (C=O) groups is 1. The lowest BCUT2D eigenvalue weighted by molar-refractivity contribution is -0.127. The summed E-state index contributed by atoms with van der Waals surface area (Å²) in [5.74, 6) is 0.994. The molecule has 0 aromatic heterocycles. The third kappa shape index (κ3) is 10.2. The monoisotopic (exact) mass is 558 g/mol. The SMILES string of the molecule is CN(C)C(=O)CN=C(NCCOCc1ccc(Cl)cc1Cl)NCC1CCOC1.I. The van der Waals surface area contributed by atoms with Crippen LogP contribution in [0.15, 0.2) is 23.2 Å². The molecule has 0 bridgehead atoms.